The Hall–Kier alpha value is -2.54. The Morgan fingerprint density at radius 2 is 1.96 bits per heavy atom. The van der Waals surface area contributed by atoms with E-state index < -0.39 is 12.3 Å². The third kappa shape index (κ3) is 2.71. The van der Waals surface area contributed by atoms with Crippen molar-refractivity contribution in [3.8, 4) is 11.1 Å². The number of hydrogen-bond donors (Lipinski definition) is 2. The van der Waals surface area contributed by atoms with Gasteiger partial charge < -0.3 is 11.5 Å². The highest BCUT2D eigenvalue weighted by Crippen LogP contribution is 2.40. The molecule has 0 aliphatic carbocycles. The van der Waals surface area contributed by atoms with Gasteiger partial charge in [0.05, 0.1) is 5.69 Å². The molecule has 0 aliphatic heterocycles. The first-order valence-electron chi connectivity index (χ1n) is 7.32. The smallest absolute Gasteiger partial charge is 0.280 e. The number of carbonyl (C=O) groups is 1. The van der Waals surface area contributed by atoms with Gasteiger partial charge in [-0.05, 0) is 29.2 Å². The minimum Gasteiger partial charge on any atom is -0.397 e. The molecular weight excluding hydrogens is 332 g/mol. The zero-order chi connectivity index (χ0) is 17.4. The van der Waals surface area contributed by atoms with Crippen molar-refractivity contribution in [1.82, 2.24) is 4.98 Å². The van der Waals surface area contributed by atoms with Crippen molar-refractivity contribution in [3.63, 3.8) is 0 Å². The number of thiophene rings is 1. The lowest BCUT2D eigenvalue weighted by molar-refractivity contribution is 0.100. The molecule has 4 nitrogen and oxygen atoms in total. The monoisotopic (exact) mass is 347 g/mol. The molecule has 3 aromatic rings. The van der Waals surface area contributed by atoms with Crippen LogP contribution in [0.15, 0.2) is 30.3 Å². The highest BCUT2D eigenvalue weighted by atomic mass is 32.1. The second kappa shape index (κ2) is 6.16. The van der Waals surface area contributed by atoms with Crippen molar-refractivity contribution in [3.05, 3.63) is 46.5 Å². The number of carbonyl (C=O) groups excluding carboxylic acids is 1. The van der Waals surface area contributed by atoms with Crippen LogP contribution in [0.4, 0.5) is 14.5 Å². The van der Waals surface area contributed by atoms with Crippen LogP contribution in [0.1, 0.15) is 34.3 Å². The highest BCUT2D eigenvalue weighted by Gasteiger charge is 2.21. The van der Waals surface area contributed by atoms with Gasteiger partial charge in [0.2, 0.25) is 0 Å². The predicted molar refractivity (Wildman–Crippen MR) is 92.3 cm³/mol. The lowest BCUT2D eigenvalue weighted by Gasteiger charge is -2.09. The van der Waals surface area contributed by atoms with E-state index in [-0.39, 0.29) is 21.1 Å². The Labute approximate surface area is 141 Å². The van der Waals surface area contributed by atoms with Gasteiger partial charge >= 0.3 is 0 Å². The van der Waals surface area contributed by atoms with Gasteiger partial charge in [-0.25, -0.2) is 13.8 Å². The van der Waals surface area contributed by atoms with E-state index in [2.05, 4.69) is 4.98 Å². The van der Waals surface area contributed by atoms with Crippen LogP contribution in [0.5, 0.6) is 0 Å². The molecule has 0 aliphatic rings. The maximum atomic E-state index is 13.2. The number of primary amides is 1. The third-order valence-corrected chi connectivity index (χ3v) is 4.95. The average Bonchev–Trinajstić information content (AvgIpc) is 2.91. The molecule has 0 radical (unpaired) electrons. The molecule has 7 heteroatoms. The van der Waals surface area contributed by atoms with E-state index in [0.29, 0.717) is 10.9 Å². The Kier molecular flexibility index (Phi) is 4.19. The van der Waals surface area contributed by atoms with Crippen LogP contribution in [-0.4, -0.2) is 10.9 Å². The van der Waals surface area contributed by atoms with Gasteiger partial charge in [0.25, 0.3) is 12.3 Å². The first-order chi connectivity index (χ1) is 11.4. The molecule has 0 saturated heterocycles. The van der Waals surface area contributed by atoms with Gasteiger partial charge in [0, 0.05) is 5.39 Å². The number of halogens is 2. The van der Waals surface area contributed by atoms with Crippen molar-refractivity contribution in [2.45, 2.75) is 19.8 Å². The predicted octanol–water partition coefficient (Wildman–Crippen LogP) is 4.14. The van der Waals surface area contributed by atoms with Gasteiger partial charge in [0.15, 0.2) is 0 Å². The van der Waals surface area contributed by atoms with Crippen LogP contribution in [0.25, 0.3) is 21.3 Å². The molecule has 24 heavy (non-hydrogen) atoms. The molecule has 0 fully saturated rings. The standard InChI is InChI=1S/C17H15F2N3OS/c1-2-8-3-5-9(6-4-8)10-7-11(15(18)19)22-17-12(10)13(20)14(24-17)16(21)23/h3-7,15H,2,20H2,1H3,(H2,21,23). The van der Waals surface area contributed by atoms with Gasteiger partial charge in [-0.2, -0.15) is 0 Å². The summed E-state index contributed by atoms with van der Waals surface area (Å²) in [5.41, 5.74) is 13.6. The summed E-state index contributed by atoms with van der Waals surface area (Å²) in [5.74, 6) is -0.693. The summed E-state index contributed by atoms with van der Waals surface area (Å²) in [6.45, 7) is 2.03. The van der Waals surface area contributed by atoms with Crippen LogP contribution in [-0.2, 0) is 6.42 Å². The number of amides is 1. The summed E-state index contributed by atoms with van der Waals surface area (Å²) in [7, 11) is 0. The second-order valence-electron chi connectivity index (χ2n) is 5.34. The molecule has 0 atom stereocenters. The molecule has 1 amide bonds. The highest BCUT2D eigenvalue weighted by molar-refractivity contribution is 7.21. The van der Waals surface area contributed by atoms with Gasteiger partial charge in [-0.15, -0.1) is 11.3 Å². The Bertz CT molecular complexity index is 920. The molecule has 0 unspecified atom stereocenters. The molecule has 0 spiro atoms. The van der Waals surface area contributed by atoms with E-state index in [9.17, 15) is 13.6 Å². The van der Waals surface area contributed by atoms with Crippen LogP contribution in [0, 0.1) is 0 Å². The van der Waals surface area contributed by atoms with E-state index in [0.717, 1.165) is 28.9 Å². The molecule has 0 saturated carbocycles. The molecule has 2 aromatic heterocycles. The third-order valence-electron chi connectivity index (χ3n) is 3.84. The quantitative estimate of drug-likeness (QED) is 0.744. The summed E-state index contributed by atoms with van der Waals surface area (Å²) in [6.07, 6.45) is -1.84. The summed E-state index contributed by atoms with van der Waals surface area (Å²) < 4.78 is 26.4. The number of aromatic nitrogens is 1. The lowest BCUT2D eigenvalue weighted by Crippen LogP contribution is -2.10. The zero-order valence-electron chi connectivity index (χ0n) is 12.8. The number of anilines is 1. The fraction of sp³-hybridized carbons (Fsp3) is 0.176. The Morgan fingerprint density at radius 1 is 1.29 bits per heavy atom. The maximum Gasteiger partial charge on any atom is 0.280 e. The normalized spacial score (nSPS) is 11.3. The number of nitrogens with zero attached hydrogens (tertiary/aromatic N) is 1. The van der Waals surface area contributed by atoms with E-state index in [1.165, 1.54) is 6.07 Å². The maximum absolute atomic E-state index is 13.2. The minimum absolute atomic E-state index is 0.135. The number of benzene rings is 1. The molecule has 124 valence electrons. The van der Waals surface area contributed by atoms with Crippen LogP contribution in [0.2, 0.25) is 0 Å². The van der Waals surface area contributed by atoms with E-state index >= 15 is 0 Å². The van der Waals surface area contributed by atoms with Crippen molar-refractivity contribution < 1.29 is 13.6 Å². The Balaban J connectivity index is 2.32. The van der Waals surface area contributed by atoms with Crippen LogP contribution < -0.4 is 11.5 Å². The minimum atomic E-state index is -2.72. The number of pyridine rings is 1. The largest absolute Gasteiger partial charge is 0.397 e. The molecule has 4 N–H and O–H groups in total. The average molecular weight is 347 g/mol. The van der Waals surface area contributed by atoms with Crippen LogP contribution in [0.3, 0.4) is 0 Å². The summed E-state index contributed by atoms with van der Waals surface area (Å²) in [6, 6.07) is 8.89. The van der Waals surface area contributed by atoms with Gasteiger partial charge in [-0.1, -0.05) is 31.2 Å². The van der Waals surface area contributed by atoms with Crippen LogP contribution >= 0.6 is 11.3 Å². The van der Waals surface area contributed by atoms with Crippen molar-refractivity contribution in [2.24, 2.45) is 5.73 Å². The SMILES string of the molecule is CCc1ccc(-c2cc(C(F)F)nc3sc(C(N)=O)c(N)c23)cc1. The fourth-order valence-corrected chi connectivity index (χ4v) is 3.56. The number of nitrogens with two attached hydrogens (primary N) is 2. The van der Waals surface area contributed by atoms with Gasteiger partial charge in [0.1, 0.15) is 15.4 Å². The summed E-state index contributed by atoms with van der Waals surface area (Å²) >= 11 is 0.936. The fourth-order valence-electron chi connectivity index (χ4n) is 2.58. The molecule has 1 aromatic carbocycles. The topological polar surface area (TPSA) is 82.0 Å². The second-order valence-corrected chi connectivity index (χ2v) is 6.33. The van der Waals surface area contributed by atoms with Crippen molar-refractivity contribution in [2.75, 3.05) is 5.73 Å². The molecule has 3 rings (SSSR count). The number of fused-ring (bicyclic) bond motifs is 1. The number of nitrogen functional groups attached to an aromatic ring is 1. The molecule has 2 heterocycles. The van der Waals surface area contributed by atoms with Crippen molar-refractivity contribution >= 4 is 33.1 Å². The first kappa shape index (κ1) is 16.3. The molecular formula is C17H15F2N3OS. The van der Waals surface area contributed by atoms with E-state index in [1.54, 1.807) is 0 Å². The molecule has 0 bridgehead atoms. The zero-order valence-corrected chi connectivity index (χ0v) is 13.7. The van der Waals surface area contributed by atoms with E-state index in [1.807, 2.05) is 31.2 Å². The Morgan fingerprint density at radius 3 is 2.50 bits per heavy atom. The lowest BCUT2D eigenvalue weighted by atomic mass is 9.99. The van der Waals surface area contributed by atoms with Crippen molar-refractivity contribution in [1.29, 1.82) is 0 Å². The van der Waals surface area contributed by atoms with Gasteiger partial charge in [-0.3, -0.25) is 4.79 Å². The summed E-state index contributed by atoms with van der Waals surface area (Å²) in [5, 5.41) is 0.488. The summed E-state index contributed by atoms with van der Waals surface area (Å²) in [4.78, 5) is 15.9. The number of hydrogen-bond acceptors (Lipinski definition) is 4. The van der Waals surface area contributed by atoms with E-state index in [4.69, 9.17) is 11.5 Å². The number of rotatable bonds is 4. The number of alkyl halides is 2. The number of aryl methyl sites for hydroxylation is 1. The first-order valence-corrected chi connectivity index (χ1v) is 8.14.